The molecule has 1 aliphatic rings. The van der Waals surface area contributed by atoms with Gasteiger partial charge in [-0.1, -0.05) is 24.8 Å². The van der Waals surface area contributed by atoms with Crippen LogP contribution >= 0.6 is 11.8 Å². The average Bonchev–Trinajstić information content (AvgIpc) is 2.86. The first-order valence-corrected chi connectivity index (χ1v) is 7.08. The van der Waals surface area contributed by atoms with Gasteiger partial charge in [-0.3, -0.25) is 14.7 Å². The maximum absolute atomic E-state index is 12.7. The highest BCUT2D eigenvalue weighted by Crippen LogP contribution is 2.30. The Morgan fingerprint density at radius 2 is 2.20 bits per heavy atom. The lowest BCUT2D eigenvalue weighted by Crippen LogP contribution is -2.33. The topological polar surface area (TPSA) is 32.7 Å². The van der Waals surface area contributed by atoms with Crippen molar-refractivity contribution in [1.29, 1.82) is 0 Å². The molecule has 0 saturated heterocycles. The van der Waals surface area contributed by atoms with Gasteiger partial charge in [0, 0.05) is 12.1 Å². The summed E-state index contributed by atoms with van der Waals surface area (Å²) in [6.45, 7) is 2.84. The van der Waals surface area contributed by atoms with Crippen molar-refractivity contribution in [3.63, 3.8) is 0 Å². The van der Waals surface area contributed by atoms with Crippen LogP contribution < -0.4 is 0 Å². The van der Waals surface area contributed by atoms with Crippen LogP contribution in [0.4, 0.5) is 13.2 Å². The van der Waals surface area contributed by atoms with Gasteiger partial charge in [0.15, 0.2) is 5.17 Å². The average molecular weight is 302 g/mol. The number of amides is 1. The number of hydrogen-bond donors (Lipinski definition) is 0. The molecule has 108 valence electrons. The Bertz CT molecular complexity index is 543. The minimum Gasteiger partial charge on any atom is -0.286 e. The number of halogens is 3. The Labute approximate surface area is 118 Å². The van der Waals surface area contributed by atoms with E-state index < -0.39 is 17.6 Å². The standard InChI is InChI=1S/C13H13F3N2OS/c1-2-20-12-17-6-7-18(12)11(19)9-4-3-5-10(8-9)13(14,15)16/h3-5,8H,2,6-7H2,1H3. The summed E-state index contributed by atoms with van der Waals surface area (Å²) in [5, 5.41) is 0.579. The summed E-state index contributed by atoms with van der Waals surface area (Å²) >= 11 is 1.41. The number of carbonyl (C=O) groups is 1. The van der Waals surface area contributed by atoms with Crippen molar-refractivity contribution < 1.29 is 18.0 Å². The van der Waals surface area contributed by atoms with Gasteiger partial charge < -0.3 is 0 Å². The fourth-order valence-corrected chi connectivity index (χ4v) is 2.62. The van der Waals surface area contributed by atoms with Crippen LogP contribution in [0.3, 0.4) is 0 Å². The molecule has 0 bridgehead atoms. The molecule has 2 rings (SSSR count). The normalized spacial score (nSPS) is 15.4. The van der Waals surface area contributed by atoms with E-state index in [1.807, 2.05) is 6.92 Å². The number of aliphatic imine (C=N–C) groups is 1. The lowest BCUT2D eigenvalue weighted by Gasteiger charge is -2.18. The largest absolute Gasteiger partial charge is 0.416 e. The third-order valence-corrected chi connectivity index (χ3v) is 3.65. The molecule has 1 aromatic rings. The van der Waals surface area contributed by atoms with E-state index in [0.717, 1.165) is 17.9 Å². The zero-order valence-corrected chi connectivity index (χ0v) is 11.6. The van der Waals surface area contributed by atoms with Gasteiger partial charge in [-0.25, -0.2) is 0 Å². The summed E-state index contributed by atoms with van der Waals surface area (Å²) in [6.07, 6.45) is -4.45. The molecule has 1 heterocycles. The predicted molar refractivity (Wildman–Crippen MR) is 72.9 cm³/mol. The van der Waals surface area contributed by atoms with Gasteiger partial charge in [0.1, 0.15) is 0 Å². The van der Waals surface area contributed by atoms with E-state index in [2.05, 4.69) is 4.99 Å². The van der Waals surface area contributed by atoms with Gasteiger partial charge in [-0.15, -0.1) is 0 Å². The lowest BCUT2D eigenvalue weighted by molar-refractivity contribution is -0.137. The first kappa shape index (κ1) is 14.9. The van der Waals surface area contributed by atoms with E-state index in [-0.39, 0.29) is 5.56 Å². The highest BCUT2D eigenvalue weighted by molar-refractivity contribution is 8.13. The van der Waals surface area contributed by atoms with Crippen molar-refractivity contribution in [2.45, 2.75) is 13.1 Å². The molecule has 0 unspecified atom stereocenters. The number of hydrogen-bond acceptors (Lipinski definition) is 3. The number of alkyl halides is 3. The van der Waals surface area contributed by atoms with Gasteiger partial charge in [0.05, 0.1) is 12.1 Å². The molecule has 0 radical (unpaired) electrons. The fraction of sp³-hybridized carbons (Fsp3) is 0.385. The SMILES string of the molecule is CCSC1=NCCN1C(=O)c1cccc(C(F)(F)F)c1. The first-order chi connectivity index (χ1) is 9.43. The molecular formula is C13H13F3N2OS. The minimum absolute atomic E-state index is 0.0335. The second-order valence-electron chi connectivity index (χ2n) is 4.13. The Morgan fingerprint density at radius 1 is 1.45 bits per heavy atom. The van der Waals surface area contributed by atoms with Crippen LogP contribution in [0.25, 0.3) is 0 Å². The van der Waals surface area contributed by atoms with Crippen LogP contribution in [-0.2, 0) is 6.18 Å². The molecule has 0 N–H and O–H groups in total. The third-order valence-electron chi connectivity index (χ3n) is 2.76. The number of thioether (sulfide) groups is 1. The van der Waals surface area contributed by atoms with Crippen molar-refractivity contribution in [1.82, 2.24) is 4.90 Å². The second-order valence-corrected chi connectivity index (χ2v) is 5.36. The van der Waals surface area contributed by atoms with Crippen LogP contribution in [0.5, 0.6) is 0 Å². The Morgan fingerprint density at radius 3 is 2.85 bits per heavy atom. The summed E-state index contributed by atoms with van der Waals surface area (Å²) < 4.78 is 38.0. The van der Waals surface area contributed by atoms with Crippen molar-refractivity contribution in [2.75, 3.05) is 18.8 Å². The van der Waals surface area contributed by atoms with Gasteiger partial charge >= 0.3 is 6.18 Å². The smallest absolute Gasteiger partial charge is 0.286 e. The van der Waals surface area contributed by atoms with E-state index in [4.69, 9.17) is 0 Å². The van der Waals surface area contributed by atoms with E-state index in [1.54, 1.807) is 0 Å². The molecule has 0 spiro atoms. The molecule has 0 fully saturated rings. The predicted octanol–water partition coefficient (Wildman–Crippen LogP) is 3.27. The highest BCUT2D eigenvalue weighted by Gasteiger charge is 2.32. The maximum Gasteiger partial charge on any atom is 0.416 e. The summed E-state index contributed by atoms with van der Waals surface area (Å²) in [4.78, 5) is 17.9. The van der Waals surface area contributed by atoms with Gasteiger partial charge in [-0.2, -0.15) is 13.2 Å². The molecule has 0 atom stereocenters. The monoisotopic (exact) mass is 302 g/mol. The maximum atomic E-state index is 12.7. The number of nitrogens with zero attached hydrogens (tertiary/aromatic N) is 2. The number of carbonyl (C=O) groups excluding carboxylic acids is 1. The van der Waals surface area contributed by atoms with Crippen molar-refractivity contribution in [2.24, 2.45) is 4.99 Å². The van der Waals surface area contributed by atoms with Gasteiger partial charge in [0.2, 0.25) is 0 Å². The first-order valence-electron chi connectivity index (χ1n) is 6.10. The quantitative estimate of drug-likeness (QED) is 0.840. The second kappa shape index (κ2) is 5.87. The van der Waals surface area contributed by atoms with Crippen LogP contribution in [0.2, 0.25) is 0 Å². The minimum atomic E-state index is -4.45. The lowest BCUT2D eigenvalue weighted by atomic mass is 10.1. The van der Waals surface area contributed by atoms with Crippen LogP contribution in [0.1, 0.15) is 22.8 Å². The summed E-state index contributed by atoms with van der Waals surface area (Å²) in [7, 11) is 0. The molecule has 7 heteroatoms. The summed E-state index contributed by atoms with van der Waals surface area (Å²) in [5.74, 6) is 0.318. The Balaban J connectivity index is 2.24. The molecule has 3 nitrogen and oxygen atoms in total. The highest BCUT2D eigenvalue weighted by atomic mass is 32.2. The number of benzene rings is 1. The zero-order chi connectivity index (χ0) is 14.8. The van der Waals surface area contributed by atoms with Gasteiger partial charge in [-0.05, 0) is 24.0 Å². The van der Waals surface area contributed by atoms with Crippen molar-refractivity contribution in [3.05, 3.63) is 35.4 Å². The van der Waals surface area contributed by atoms with E-state index in [1.165, 1.54) is 28.8 Å². The summed E-state index contributed by atoms with van der Waals surface area (Å²) in [6, 6.07) is 4.48. The van der Waals surface area contributed by atoms with Crippen LogP contribution in [0.15, 0.2) is 29.3 Å². The Kier molecular flexibility index (Phi) is 4.37. The van der Waals surface area contributed by atoms with Crippen LogP contribution in [-0.4, -0.2) is 34.8 Å². The van der Waals surface area contributed by atoms with Crippen molar-refractivity contribution >= 4 is 22.8 Å². The third kappa shape index (κ3) is 3.15. The van der Waals surface area contributed by atoms with E-state index in [0.29, 0.717) is 18.3 Å². The fourth-order valence-electron chi connectivity index (χ4n) is 1.85. The van der Waals surface area contributed by atoms with Crippen molar-refractivity contribution in [3.8, 4) is 0 Å². The molecule has 20 heavy (non-hydrogen) atoms. The summed E-state index contributed by atoms with van der Waals surface area (Å²) in [5.41, 5.74) is -0.782. The molecular weight excluding hydrogens is 289 g/mol. The van der Waals surface area contributed by atoms with Gasteiger partial charge in [0.25, 0.3) is 5.91 Å². The number of amidine groups is 1. The van der Waals surface area contributed by atoms with E-state index >= 15 is 0 Å². The molecule has 0 aromatic heterocycles. The molecule has 1 aromatic carbocycles. The zero-order valence-electron chi connectivity index (χ0n) is 10.8. The molecule has 0 aliphatic carbocycles. The van der Waals surface area contributed by atoms with Crippen LogP contribution in [0, 0.1) is 0 Å². The molecule has 1 aliphatic heterocycles. The Hall–Kier alpha value is -1.50. The molecule has 0 saturated carbocycles. The number of rotatable bonds is 2. The van der Waals surface area contributed by atoms with E-state index in [9.17, 15) is 18.0 Å². The molecule has 1 amide bonds.